The first-order valence-corrected chi connectivity index (χ1v) is 6.42. The molecule has 1 saturated carbocycles. The number of nitrogens with zero attached hydrogens (tertiary/aromatic N) is 2. The average Bonchev–Trinajstić information content (AvgIpc) is 2.40. The first-order chi connectivity index (χ1) is 9.56. The van der Waals surface area contributed by atoms with Crippen LogP contribution >= 0.6 is 0 Å². The molecule has 0 saturated heterocycles. The molecule has 1 aromatic carbocycles. The number of rotatable bonds is 1. The Hall–Kier alpha value is -2.30. The highest BCUT2D eigenvalue weighted by Gasteiger charge is 2.26. The Bertz CT molecular complexity index is 779. The van der Waals surface area contributed by atoms with Crippen LogP contribution in [0.25, 0.3) is 10.9 Å². The highest BCUT2D eigenvalue weighted by Crippen LogP contribution is 2.27. The molecular formula is C15H13FN2O2. The third-order valence-corrected chi connectivity index (χ3v) is 3.65. The van der Waals surface area contributed by atoms with Gasteiger partial charge in [-0.25, -0.2) is 9.37 Å². The van der Waals surface area contributed by atoms with Crippen molar-refractivity contribution < 1.29 is 9.18 Å². The minimum absolute atomic E-state index is 0.0217. The van der Waals surface area contributed by atoms with Crippen LogP contribution < -0.4 is 5.56 Å². The van der Waals surface area contributed by atoms with E-state index in [9.17, 15) is 14.0 Å². The van der Waals surface area contributed by atoms with E-state index in [-0.39, 0.29) is 11.3 Å². The molecule has 1 fully saturated rings. The van der Waals surface area contributed by atoms with Crippen LogP contribution in [0.2, 0.25) is 0 Å². The fraction of sp³-hybridized carbons (Fsp3) is 0.267. The number of allylic oxidation sites excluding steroid dienone is 1. The monoisotopic (exact) mass is 272 g/mol. The molecule has 20 heavy (non-hydrogen) atoms. The molecule has 3 rings (SSSR count). The number of ketones is 1. The average molecular weight is 272 g/mol. The molecule has 1 atom stereocenters. The van der Waals surface area contributed by atoms with E-state index in [0.717, 1.165) is 12.0 Å². The molecule has 1 heterocycles. The number of halogens is 1. The Morgan fingerprint density at radius 2 is 2.15 bits per heavy atom. The normalized spacial score (nSPS) is 19.6. The molecule has 5 heteroatoms. The zero-order valence-corrected chi connectivity index (χ0v) is 10.8. The van der Waals surface area contributed by atoms with Gasteiger partial charge in [0.25, 0.3) is 5.56 Å². The Labute approximate surface area is 114 Å². The number of carbonyl (C=O) groups is 1. The Morgan fingerprint density at radius 1 is 1.35 bits per heavy atom. The summed E-state index contributed by atoms with van der Waals surface area (Å²) < 4.78 is 14.5. The van der Waals surface area contributed by atoms with E-state index in [4.69, 9.17) is 0 Å². The maximum absolute atomic E-state index is 13.1. The van der Waals surface area contributed by atoms with Crippen LogP contribution in [0.1, 0.15) is 25.3 Å². The lowest BCUT2D eigenvalue weighted by Gasteiger charge is -2.23. The molecule has 1 aliphatic carbocycles. The summed E-state index contributed by atoms with van der Waals surface area (Å²) in [4.78, 5) is 28.5. The van der Waals surface area contributed by atoms with Gasteiger partial charge in [0.05, 0.1) is 23.3 Å². The van der Waals surface area contributed by atoms with Crippen molar-refractivity contribution in [3.05, 3.63) is 52.8 Å². The quantitative estimate of drug-likeness (QED) is 0.749. The highest BCUT2D eigenvalue weighted by atomic mass is 19.1. The Balaban J connectivity index is 2.11. The fourth-order valence-corrected chi connectivity index (χ4v) is 2.58. The molecule has 0 spiro atoms. The zero-order chi connectivity index (χ0) is 14.3. The summed E-state index contributed by atoms with van der Waals surface area (Å²) in [5, 5.41) is 0.325. The second-order valence-corrected chi connectivity index (χ2v) is 5.07. The summed E-state index contributed by atoms with van der Waals surface area (Å²) >= 11 is 0. The van der Waals surface area contributed by atoms with Gasteiger partial charge < -0.3 is 0 Å². The van der Waals surface area contributed by atoms with Gasteiger partial charge in [0.1, 0.15) is 5.82 Å². The van der Waals surface area contributed by atoms with Crippen LogP contribution in [-0.2, 0) is 4.79 Å². The van der Waals surface area contributed by atoms with Gasteiger partial charge in [-0.05, 0) is 25.0 Å². The fourth-order valence-electron chi connectivity index (χ4n) is 2.58. The van der Waals surface area contributed by atoms with Crippen LogP contribution in [0.4, 0.5) is 4.39 Å². The summed E-state index contributed by atoms with van der Waals surface area (Å²) in [6, 6.07) is 3.35. The predicted molar refractivity (Wildman–Crippen MR) is 73.0 cm³/mol. The highest BCUT2D eigenvalue weighted by molar-refractivity contribution is 5.86. The molecular weight excluding hydrogens is 259 g/mol. The van der Waals surface area contributed by atoms with Crippen LogP contribution in [-0.4, -0.2) is 15.3 Å². The van der Waals surface area contributed by atoms with Crippen molar-refractivity contribution in [3.8, 4) is 0 Å². The molecule has 0 amide bonds. The maximum atomic E-state index is 13.1. The largest absolute Gasteiger partial charge is 0.297 e. The van der Waals surface area contributed by atoms with Gasteiger partial charge in [-0.3, -0.25) is 14.2 Å². The van der Waals surface area contributed by atoms with Gasteiger partial charge in [-0.1, -0.05) is 12.2 Å². The molecule has 1 aliphatic rings. The van der Waals surface area contributed by atoms with Gasteiger partial charge >= 0.3 is 0 Å². The number of hydrogen-bond acceptors (Lipinski definition) is 3. The third kappa shape index (κ3) is 2.05. The van der Waals surface area contributed by atoms with Gasteiger partial charge in [-0.2, -0.15) is 0 Å². The topological polar surface area (TPSA) is 52.0 Å². The minimum Gasteiger partial charge on any atom is -0.297 e. The second kappa shape index (κ2) is 4.67. The summed E-state index contributed by atoms with van der Waals surface area (Å²) in [7, 11) is 0. The van der Waals surface area contributed by atoms with Crippen molar-refractivity contribution in [1.82, 2.24) is 9.55 Å². The number of aromatic nitrogens is 2. The van der Waals surface area contributed by atoms with E-state index >= 15 is 0 Å². The first-order valence-electron chi connectivity index (χ1n) is 6.42. The molecule has 0 radical (unpaired) electrons. The molecule has 0 bridgehead atoms. The molecule has 0 N–H and O–H groups in total. The third-order valence-electron chi connectivity index (χ3n) is 3.65. The van der Waals surface area contributed by atoms with E-state index in [1.165, 1.54) is 29.1 Å². The van der Waals surface area contributed by atoms with Crippen LogP contribution in [0.5, 0.6) is 0 Å². The number of fused-ring (bicyclic) bond motifs is 1. The Morgan fingerprint density at radius 3 is 2.90 bits per heavy atom. The lowest BCUT2D eigenvalue weighted by molar-refractivity contribution is -0.122. The van der Waals surface area contributed by atoms with Crippen molar-refractivity contribution in [3.63, 3.8) is 0 Å². The number of carbonyl (C=O) groups excluding carboxylic acids is 1. The van der Waals surface area contributed by atoms with Crippen LogP contribution in [0.3, 0.4) is 0 Å². The van der Waals surface area contributed by atoms with E-state index in [1.807, 2.05) is 0 Å². The van der Waals surface area contributed by atoms with Crippen molar-refractivity contribution in [2.45, 2.75) is 25.3 Å². The van der Waals surface area contributed by atoms with Gasteiger partial charge in [-0.15, -0.1) is 0 Å². The van der Waals surface area contributed by atoms with Crippen molar-refractivity contribution >= 4 is 16.7 Å². The first kappa shape index (κ1) is 12.7. The van der Waals surface area contributed by atoms with Gasteiger partial charge in [0.2, 0.25) is 0 Å². The van der Waals surface area contributed by atoms with Crippen LogP contribution in [0, 0.1) is 5.82 Å². The van der Waals surface area contributed by atoms with Crippen molar-refractivity contribution in [2.75, 3.05) is 0 Å². The van der Waals surface area contributed by atoms with Gasteiger partial charge in [0.15, 0.2) is 5.78 Å². The SMILES string of the molecule is C=C1CCC(n2cnc3cc(F)ccc3c2=O)C(=O)C1. The zero-order valence-electron chi connectivity index (χ0n) is 10.8. The molecule has 2 aromatic rings. The lowest BCUT2D eigenvalue weighted by Crippen LogP contribution is -2.32. The number of benzene rings is 1. The van der Waals surface area contributed by atoms with Crippen molar-refractivity contribution in [2.24, 2.45) is 0 Å². The number of hydrogen-bond donors (Lipinski definition) is 0. The molecule has 1 unspecified atom stereocenters. The maximum Gasteiger partial charge on any atom is 0.261 e. The smallest absolute Gasteiger partial charge is 0.261 e. The van der Waals surface area contributed by atoms with Crippen LogP contribution in [0.15, 0.2) is 41.5 Å². The second-order valence-electron chi connectivity index (χ2n) is 5.07. The molecule has 102 valence electrons. The van der Waals surface area contributed by atoms with Gasteiger partial charge in [0, 0.05) is 12.5 Å². The Kier molecular flexibility index (Phi) is 2.97. The lowest BCUT2D eigenvalue weighted by atomic mass is 9.90. The standard InChI is InChI=1S/C15H13FN2O2/c1-9-2-5-13(14(19)6-9)18-8-17-12-7-10(16)3-4-11(12)15(18)20/h3-4,7-8,13H,1-2,5-6H2. The summed E-state index contributed by atoms with van der Waals surface area (Å²) in [6.07, 6.45) is 2.93. The minimum atomic E-state index is -0.491. The molecule has 4 nitrogen and oxygen atoms in total. The predicted octanol–water partition coefficient (Wildman–Crippen LogP) is 2.39. The molecule has 1 aromatic heterocycles. The summed E-state index contributed by atoms with van der Waals surface area (Å²) in [5.41, 5.74) is 0.898. The van der Waals surface area contributed by atoms with E-state index in [0.29, 0.717) is 23.7 Å². The van der Waals surface area contributed by atoms with Crippen molar-refractivity contribution in [1.29, 1.82) is 0 Å². The molecule has 0 aliphatic heterocycles. The number of Topliss-reactive ketones (excluding diaryl/α,β-unsaturated/α-hetero) is 1. The van der Waals surface area contributed by atoms with E-state index < -0.39 is 11.9 Å². The summed E-state index contributed by atoms with van der Waals surface area (Å²) in [6.45, 7) is 3.81. The summed E-state index contributed by atoms with van der Waals surface area (Å²) in [5.74, 6) is -0.459. The van der Waals surface area contributed by atoms with E-state index in [1.54, 1.807) is 0 Å². The van der Waals surface area contributed by atoms with E-state index in [2.05, 4.69) is 11.6 Å².